The molecule has 0 rings (SSSR count). The third kappa shape index (κ3) is 5.29. The SMILES string of the molecule is CC[N](CC)[W]([N](CC)CC)([N](C(C)C)C(C)C)[N](C(C)C)C(C)C. The summed E-state index contributed by atoms with van der Waals surface area (Å²) in [5.74, 6) is 0. The van der Waals surface area contributed by atoms with Crippen molar-refractivity contribution in [1.29, 1.82) is 0 Å². The molecule has 0 spiro atoms. The van der Waals surface area contributed by atoms with Crippen molar-refractivity contribution in [2.24, 2.45) is 0 Å². The predicted octanol–water partition coefficient (Wildman–Crippen LogP) is 4.72. The molecule has 0 aromatic carbocycles. The van der Waals surface area contributed by atoms with Crippen molar-refractivity contribution in [1.82, 2.24) is 13.8 Å². The van der Waals surface area contributed by atoms with Gasteiger partial charge in [0.2, 0.25) is 0 Å². The van der Waals surface area contributed by atoms with Gasteiger partial charge < -0.3 is 0 Å². The molecule has 154 valence electrons. The molecule has 0 aliphatic heterocycles. The summed E-state index contributed by atoms with van der Waals surface area (Å²) >= 11 is -3.24. The van der Waals surface area contributed by atoms with Crippen LogP contribution in [0.2, 0.25) is 0 Å². The Morgan fingerprint density at radius 1 is 0.480 bits per heavy atom. The first kappa shape index (κ1) is 25.5. The van der Waals surface area contributed by atoms with Crippen molar-refractivity contribution >= 4 is 0 Å². The van der Waals surface area contributed by atoms with Crippen LogP contribution in [0.5, 0.6) is 0 Å². The minimum atomic E-state index is -3.24. The molecule has 5 heteroatoms. The first-order valence-electron chi connectivity index (χ1n) is 10.5. The molecular weight excluding hydrogens is 480 g/mol. The molecule has 0 fully saturated rings. The van der Waals surface area contributed by atoms with Crippen molar-refractivity contribution in [3.8, 4) is 0 Å². The molecule has 0 aliphatic carbocycles. The Hall–Kier alpha value is 0.528. The second kappa shape index (κ2) is 11.4. The van der Waals surface area contributed by atoms with E-state index >= 15 is 0 Å². The summed E-state index contributed by atoms with van der Waals surface area (Å²) in [6.07, 6.45) is 0. The van der Waals surface area contributed by atoms with Crippen LogP contribution in [0, 0.1) is 0 Å². The average Bonchev–Trinajstić information content (AvgIpc) is 2.47. The van der Waals surface area contributed by atoms with Crippen LogP contribution in [0.3, 0.4) is 0 Å². The molecule has 0 aromatic heterocycles. The molecule has 0 bridgehead atoms. The Kier molecular flexibility index (Phi) is 11.6. The van der Waals surface area contributed by atoms with Crippen molar-refractivity contribution in [3.63, 3.8) is 0 Å². The van der Waals surface area contributed by atoms with Gasteiger partial charge in [-0.15, -0.1) is 0 Å². The minimum absolute atomic E-state index is 0.552. The van der Waals surface area contributed by atoms with E-state index in [1.54, 1.807) is 0 Å². The van der Waals surface area contributed by atoms with E-state index < -0.39 is 17.1 Å². The molecule has 0 amide bonds. The van der Waals surface area contributed by atoms with Crippen LogP contribution in [-0.2, 0) is 17.1 Å². The van der Waals surface area contributed by atoms with Gasteiger partial charge >= 0.3 is 164 Å². The van der Waals surface area contributed by atoms with Gasteiger partial charge in [0.05, 0.1) is 0 Å². The third-order valence-corrected chi connectivity index (χ3v) is 23.5. The summed E-state index contributed by atoms with van der Waals surface area (Å²) in [6, 6.07) is 2.21. The molecule has 0 saturated heterocycles. The van der Waals surface area contributed by atoms with E-state index in [1.807, 2.05) is 0 Å². The summed E-state index contributed by atoms with van der Waals surface area (Å²) in [7, 11) is 0. The van der Waals surface area contributed by atoms with Gasteiger partial charge in [-0.3, -0.25) is 0 Å². The van der Waals surface area contributed by atoms with Crippen LogP contribution in [0.4, 0.5) is 0 Å². The summed E-state index contributed by atoms with van der Waals surface area (Å²) in [5.41, 5.74) is 0. The van der Waals surface area contributed by atoms with Gasteiger partial charge in [0.25, 0.3) is 0 Å². The van der Waals surface area contributed by atoms with Crippen LogP contribution in [0.25, 0.3) is 0 Å². The molecule has 0 saturated carbocycles. The van der Waals surface area contributed by atoms with E-state index in [-0.39, 0.29) is 0 Å². The molecule has 0 atom stereocenters. The molecule has 0 heterocycles. The third-order valence-electron chi connectivity index (χ3n) is 4.71. The van der Waals surface area contributed by atoms with Gasteiger partial charge in [-0.2, -0.15) is 0 Å². The fourth-order valence-electron chi connectivity index (χ4n) is 4.27. The van der Waals surface area contributed by atoms with Gasteiger partial charge in [0.15, 0.2) is 0 Å². The van der Waals surface area contributed by atoms with Gasteiger partial charge in [0.1, 0.15) is 0 Å². The quantitative estimate of drug-likeness (QED) is 0.364. The normalized spacial score (nSPS) is 14.6. The molecule has 0 N–H and O–H groups in total. The Balaban J connectivity index is 6.91. The molecule has 25 heavy (non-hydrogen) atoms. The summed E-state index contributed by atoms with van der Waals surface area (Å²) in [4.78, 5) is 0. The second-order valence-corrected chi connectivity index (χ2v) is 18.1. The molecule has 0 radical (unpaired) electrons. The van der Waals surface area contributed by atoms with Gasteiger partial charge in [-0.25, -0.2) is 0 Å². The van der Waals surface area contributed by atoms with Gasteiger partial charge in [0, 0.05) is 0 Å². The van der Waals surface area contributed by atoms with Crippen LogP contribution < -0.4 is 0 Å². The van der Waals surface area contributed by atoms with E-state index in [0.717, 1.165) is 26.2 Å². The fourth-order valence-corrected chi connectivity index (χ4v) is 23.2. The molecule has 0 aliphatic rings. The Morgan fingerprint density at radius 2 is 0.680 bits per heavy atom. The van der Waals surface area contributed by atoms with E-state index in [1.165, 1.54) is 0 Å². The van der Waals surface area contributed by atoms with E-state index in [2.05, 4.69) is 96.9 Å². The first-order chi connectivity index (χ1) is 11.6. The molecule has 0 unspecified atom stereocenters. The number of nitrogens with zero attached hydrogens (tertiary/aromatic N) is 4. The maximum absolute atomic E-state index is 3.24. The maximum atomic E-state index is 2.94. The summed E-state index contributed by atoms with van der Waals surface area (Å²) in [6.45, 7) is 33.2. The average molecular weight is 528 g/mol. The topological polar surface area (TPSA) is 13.0 Å². The van der Waals surface area contributed by atoms with Crippen molar-refractivity contribution in [2.75, 3.05) is 26.2 Å². The predicted molar refractivity (Wildman–Crippen MR) is 110 cm³/mol. The fraction of sp³-hybridized carbons (Fsp3) is 1.00. The number of hydrogen-bond acceptors (Lipinski definition) is 4. The second-order valence-electron chi connectivity index (χ2n) is 7.81. The van der Waals surface area contributed by atoms with Gasteiger partial charge in [-0.05, 0) is 0 Å². The monoisotopic (exact) mass is 528 g/mol. The van der Waals surface area contributed by atoms with E-state index in [4.69, 9.17) is 0 Å². The zero-order valence-corrected chi connectivity index (χ0v) is 22.3. The standard InChI is InChI=1S/2C6H14N.2C4H10N.W/c2*1-5(2)7-6(3)4;2*1-3-5-4-2;/h2*5-6H,1-4H3;2*3-4H2,1-2H3;/q4*-1;+4. The molecule has 4 nitrogen and oxygen atoms in total. The first-order valence-corrected chi connectivity index (χ1v) is 15.7. The zero-order chi connectivity index (χ0) is 19.9. The Morgan fingerprint density at radius 3 is 0.800 bits per heavy atom. The number of rotatable bonds is 12. The summed E-state index contributed by atoms with van der Waals surface area (Å²) < 4.78 is 11.6. The van der Waals surface area contributed by atoms with E-state index in [0.29, 0.717) is 24.2 Å². The Labute approximate surface area is 164 Å². The van der Waals surface area contributed by atoms with Crippen LogP contribution in [0.15, 0.2) is 0 Å². The van der Waals surface area contributed by atoms with Crippen LogP contribution in [-0.4, -0.2) is 64.2 Å². The van der Waals surface area contributed by atoms with Crippen LogP contribution >= 0.6 is 0 Å². The molecule has 0 aromatic rings. The Bertz CT molecular complexity index is 300. The summed E-state index contributed by atoms with van der Waals surface area (Å²) in [5, 5.41) is 0. The molecular formula is C20H48N4W. The van der Waals surface area contributed by atoms with Crippen molar-refractivity contribution in [2.45, 2.75) is 107 Å². The number of hydrogen-bond donors (Lipinski definition) is 0. The van der Waals surface area contributed by atoms with Crippen molar-refractivity contribution in [3.05, 3.63) is 0 Å². The zero-order valence-electron chi connectivity index (χ0n) is 19.3. The van der Waals surface area contributed by atoms with Crippen LogP contribution in [0.1, 0.15) is 83.1 Å². The van der Waals surface area contributed by atoms with E-state index in [9.17, 15) is 0 Å². The van der Waals surface area contributed by atoms with Crippen molar-refractivity contribution < 1.29 is 17.1 Å². The van der Waals surface area contributed by atoms with Gasteiger partial charge in [-0.1, -0.05) is 0 Å².